The zero-order valence-electron chi connectivity index (χ0n) is 12.6. The molecule has 1 N–H and O–H groups in total. The zero-order chi connectivity index (χ0) is 16.2. The van der Waals surface area contributed by atoms with Gasteiger partial charge in [0.05, 0.1) is 29.9 Å². The lowest BCUT2D eigenvalue weighted by molar-refractivity contribution is -0.115. The van der Waals surface area contributed by atoms with Gasteiger partial charge in [-0.25, -0.2) is 9.67 Å². The molecule has 0 atom stereocenters. The van der Waals surface area contributed by atoms with Gasteiger partial charge >= 0.3 is 0 Å². The quantitative estimate of drug-likeness (QED) is 0.764. The van der Waals surface area contributed by atoms with Crippen molar-refractivity contribution in [1.82, 2.24) is 25.2 Å². The Morgan fingerprint density at radius 2 is 2.26 bits per heavy atom. The highest BCUT2D eigenvalue weighted by atomic mass is 32.1. The van der Waals surface area contributed by atoms with Crippen molar-refractivity contribution in [3.8, 4) is 11.4 Å². The second-order valence-electron chi connectivity index (χ2n) is 4.76. The molecule has 0 saturated carbocycles. The zero-order valence-corrected chi connectivity index (χ0v) is 13.4. The van der Waals surface area contributed by atoms with E-state index in [1.165, 1.54) is 22.3 Å². The van der Waals surface area contributed by atoms with Gasteiger partial charge in [0.2, 0.25) is 5.91 Å². The van der Waals surface area contributed by atoms with Crippen LogP contribution in [0.15, 0.2) is 29.9 Å². The summed E-state index contributed by atoms with van der Waals surface area (Å²) in [5, 5.41) is 16.7. The van der Waals surface area contributed by atoms with Gasteiger partial charge in [0.1, 0.15) is 12.1 Å². The number of hydrogen-bond donors (Lipinski definition) is 1. The third-order valence-corrected chi connectivity index (χ3v) is 3.85. The van der Waals surface area contributed by atoms with Crippen LogP contribution in [-0.4, -0.2) is 38.2 Å². The van der Waals surface area contributed by atoms with Crippen molar-refractivity contribution < 1.29 is 9.53 Å². The third-order valence-electron chi connectivity index (χ3n) is 3.03. The van der Waals surface area contributed by atoms with Crippen LogP contribution in [0, 0.1) is 6.92 Å². The number of aromatic nitrogens is 5. The van der Waals surface area contributed by atoms with Crippen molar-refractivity contribution in [2.24, 2.45) is 0 Å². The highest BCUT2D eigenvalue weighted by molar-refractivity contribution is 7.09. The molecule has 9 heteroatoms. The van der Waals surface area contributed by atoms with Gasteiger partial charge in [0.25, 0.3) is 0 Å². The Hall–Kier alpha value is -2.81. The van der Waals surface area contributed by atoms with Crippen molar-refractivity contribution >= 4 is 22.9 Å². The summed E-state index contributed by atoms with van der Waals surface area (Å²) >= 11 is 1.52. The number of amides is 1. The molecule has 0 aliphatic carbocycles. The first-order valence-electron chi connectivity index (χ1n) is 6.77. The van der Waals surface area contributed by atoms with E-state index in [0.717, 1.165) is 10.7 Å². The van der Waals surface area contributed by atoms with Gasteiger partial charge in [-0.3, -0.25) is 4.79 Å². The molecule has 2 heterocycles. The van der Waals surface area contributed by atoms with Crippen molar-refractivity contribution in [1.29, 1.82) is 0 Å². The van der Waals surface area contributed by atoms with Crippen molar-refractivity contribution in [3.63, 3.8) is 0 Å². The molecule has 1 aromatic carbocycles. The van der Waals surface area contributed by atoms with Gasteiger partial charge in [-0.05, 0) is 23.4 Å². The van der Waals surface area contributed by atoms with Crippen molar-refractivity contribution in [2.75, 3.05) is 12.4 Å². The van der Waals surface area contributed by atoms with E-state index in [0.29, 0.717) is 17.1 Å². The fourth-order valence-electron chi connectivity index (χ4n) is 2.04. The number of carbonyl (C=O) groups excluding carboxylic acids is 1. The van der Waals surface area contributed by atoms with E-state index in [4.69, 9.17) is 4.74 Å². The molecule has 0 spiro atoms. The molecule has 0 aliphatic rings. The molecule has 118 valence electrons. The number of ether oxygens (including phenoxy) is 1. The number of nitrogens with zero attached hydrogens (tertiary/aromatic N) is 5. The van der Waals surface area contributed by atoms with Crippen LogP contribution in [0.2, 0.25) is 0 Å². The number of methoxy groups -OCH3 is 1. The number of nitrogens with one attached hydrogen (secondary N) is 1. The fraction of sp³-hybridized carbons (Fsp3) is 0.214. The summed E-state index contributed by atoms with van der Waals surface area (Å²) in [6, 6.07) is 5.27. The standard InChI is InChI=1S/C14H14N6O2S/c1-9-16-11(7-23-9)5-14(21)17-10-3-12(6-13(4-10)22-2)20-8-15-18-19-20/h3-4,6-8H,5H2,1-2H3,(H,17,21). The normalized spacial score (nSPS) is 10.5. The summed E-state index contributed by atoms with van der Waals surface area (Å²) < 4.78 is 6.74. The van der Waals surface area contributed by atoms with Gasteiger partial charge in [-0.1, -0.05) is 0 Å². The molecule has 1 amide bonds. The molecule has 3 rings (SSSR count). The number of aryl methyl sites for hydroxylation is 1. The molecule has 8 nitrogen and oxygen atoms in total. The number of carbonyl (C=O) groups is 1. The van der Waals surface area contributed by atoms with E-state index in [2.05, 4.69) is 25.8 Å². The highest BCUT2D eigenvalue weighted by Crippen LogP contribution is 2.23. The average molecular weight is 330 g/mol. The Balaban J connectivity index is 1.79. The molecular weight excluding hydrogens is 316 g/mol. The topological polar surface area (TPSA) is 94.8 Å². The van der Waals surface area contributed by atoms with E-state index in [9.17, 15) is 4.79 Å². The lowest BCUT2D eigenvalue weighted by Crippen LogP contribution is -2.15. The molecule has 0 bridgehead atoms. The second-order valence-corrected chi connectivity index (χ2v) is 5.82. The lowest BCUT2D eigenvalue weighted by Gasteiger charge is -2.09. The van der Waals surface area contributed by atoms with E-state index in [1.54, 1.807) is 25.3 Å². The average Bonchev–Trinajstić information content (AvgIpc) is 3.18. The summed E-state index contributed by atoms with van der Waals surface area (Å²) in [6.45, 7) is 1.91. The first-order chi connectivity index (χ1) is 11.1. The Kier molecular flexibility index (Phi) is 4.29. The Morgan fingerprint density at radius 1 is 1.39 bits per heavy atom. The molecule has 2 aromatic heterocycles. The van der Waals surface area contributed by atoms with Gasteiger partial charge < -0.3 is 10.1 Å². The Morgan fingerprint density at radius 3 is 2.91 bits per heavy atom. The molecular formula is C14H14N6O2S. The summed E-state index contributed by atoms with van der Waals surface area (Å²) in [5.74, 6) is 0.448. The summed E-state index contributed by atoms with van der Waals surface area (Å²) in [6.07, 6.45) is 1.69. The minimum absolute atomic E-state index is 0.147. The monoisotopic (exact) mass is 330 g/mol. The van der Waals surface area contributed by atoms with Crippen LogP contribution in [0.4, 0.5) is 5.69 Å². The smallest absolute Gasteiger partial charge is 0.230 e. The van der Waals surface area contributed by atoms with E-state index in [1.807, 2.05) is 12.3 Å². The third kappa shape index (κ3) is 3.69. The maximum absolute atomic E-state index is 12.2. The van der Waals surface area contributed by atoms with Crippen molar-refractivity contribution in [2.45, 2.75) is 13.3 Å². The van der Waals surface area contributed by atoms with Crippen LogP contribution >= 0.6 is 11.3 Å². The summed E-state index contributed by atoms with van der Waals surface area (Å²) in [7, 11) is 1.56. The van der Waals surface area contributed by atoms with Crippen LogP contribution in [-0.2, 0) is 11.2 Å². The summed E-state index contributed by atoms with van der Waals surface area (Å²) in [4.78, 5) is 16.4. The van der Waals surface area contributed by atoms with Gasteiger partial charge in [-0.2, -0.15) is 0 Å². The maximum Gasteiger partial charge on any atom is 0.230 e. The second kappa shape index (κ2) is 6.53. The molecule has 0 fully saturated rings. The van der Waals surface area contributed by atoms with Crippen molar-refractivity contribution in [3.05, 3.63) is 40.6 Å². The Labute approximate surface area is 136 Å². The highest BCUT2D eigenvalue weighted by Gasteiger charge is 2.10. The van der Waals surface area contributed by atoms with E-state index in [-0.39, 0.29) is 12.3 Å². The minimum Gasteiger partial charge on any atom is -0.497 e. The van der Waals surface area contributed by atoms with Gasteiger partial charge in [0.15, 0.2) is 0 Å². The van der Waals surface area contributed by atoms with Crippen LogP contribution in [0.5, 0.6) is 5.75 Å². The number of hydrogen-bond acceptors (Lipinski definition) is 7. The van der Waals surface area contributed by atoms with Crippen LogP contribution in [0.1, 0.15) is 10.7 Å². The number of rotatable bonds is 5. The van der Waals surface area contributed by atoms with Crippen LogP contribution < -0.4 is 10.1 Å². The van der Waals surface area contributed by atoms with Crippen LogP contribution in [0.3, 0.4) is 0 Å². The number of thiazole rings is 1. The van der Waals surface area contributed by atoms with Crippen LogP contribution in [0.25, 0.3) is 5.69 Å². The molecule has 0 radical (unpaired) electrons. The first-order valence-corrected chi connectivity index (χ1v) is 7.65. The predicted molar refractivity (Wildman–Crippen MR) is 84.9 cm³/mol. The lowest BCUT2D eigenvalue weighted by atomic mass is 10.2. The fourth-order valence-corrected chi connectivity index (χ4v) is 2.66. The SMILES string of the molecule is COc1cc(NC(=O)Cc2csc(C)n2)cc(-n2cnnn2)c1. The Bertz CT molecular complexity index is 815. The van der Waals surface area contributed by atoms with E-state index < -0.39 is 0 Å². The predicted octanol–water partition coefficient (Wildman–Crippen LogP) is 1.62. The first kappa shape index (κ1) is 15.1. The largest absolute Gasteiger partial charge is 0.497 e. The minimum atomic E-state index is -0.147. The molecule has 3 aromatic rings. The molecule has 0 unspecified atom stereocenters. The van der Waals surface area contributed by atoms with Gasteiger partial charge in [-0.15, -0.1) is 16.4 Å². The molecule has 0 aliphatic heterocycles. The summed E-state index contributed by atoms with van der Waals surface area (Å²) in [5.41, 5.74) is 2.05. The number of benzene rings is 1. The molecule has 0 saturated heterocycles. The number of anilines is 1. The molecule has 23 heavy (non-hydrogen) atoms. The number of tetrazole rings is 1. The van der Waals surface area contributed by atoms with Gasteiger partial charge in [0, 0.05) is 23.2 Å². The maximum atomic E-state index is 12.2. The van der Waals surface area contributed by atoms with E-state index >= 15 is 0 Å².